The van der Waals surface area contributed by atoms with E-state index < -0.39 is 18.6 Å². The van der Waals surface area contributed by atoms with E-state index in [0.717, 1.165) is 4.90 Å². The highest BCUT2D eigenvalue weighted by atomic mass is 19.4. The summed E-state index contributed by atoms with van der Waals surface area (Å²) in [6, 6.07) is 0. The van der Waals surface area contributed by atoms with Gasteiger partial charge in [-0.25, -0.2) is 0 Å². The number of nitrogens with zero attached hydrogens (tertiary/aromatic N) is 3. The van der Waals surface area contributed by atoms with Crippen LogP contribution in [0.3, 0.4) is 0 Å². The minimum Gasteiger partial charge on any atom is -0.396 e. The number of amides is 1. The standard InChI is InChI=1S/C11H17F3N4O/c1-7(2)5-18(6-11(12,13)14)10(19)9-8(15)4-16-17(9)3/h4,7H,5-6,15H2,1-3H3. The summed E-state index contributed by atoms with van der Waals surface area (Å²) in [7, 11) is 1.46. The van der Waals surface area contributed by atoms with Crippen molar-refractivity contribution in [1.82, 2.24) is 14.7 Å². The number of carbonyl (C=O) groups is 1. The average Bonchev–Trinajstić information content (AvgIpc) is 2.54. The van der Waals surface area contributed by atoms with E-state index in [2.05, 4.69) is 5.10 Å². The number of nitrogens with two attached hydrogens (primary N) is 1. The van der Waals surface area contributed by atoms with Gasteiger partial charge in [0.05, 0.1) is 11.9 Å². The molecule has 1 heterocycles. The van der Waals surface area contributed by atoms with E-state index in [0.29, 0.717) is 0 Å². The summed E-state index contributed by atoms with van der Waals surface area (Å²) in [5.74, 6) is -0.843. The van der Waals surface area contributed by atoms with E-state index in [-0.39, 0.29) is 23.8 Å². The van der Waals surface area contributed by atoms with Gasteiger partial charge in [0.1, 0.15) is 12.2 Å². The first-order valence-electron chi connectivity index (χ1n) is 5.75. The normalized spacial score (nSPS) is 11.9. The van der Waals surface area contributed by atoms with Gasteiger partial charge in [0, 0.05) is 13.6 Å². The number of carbonyl (C=O) groups excluding carboxylic acids is 1. The molecule has 0 aromatic carbocycles. The van der Waals surface area contributed by atoms with Crippen LogP contribution in [-0.2, 0) is 7.05 Å². The molecule has 0 fully saturated rings. The average molecular weight is 278 g/mol. The number of hydrogen-bond donors (Lipinski definition) is 1. The summed E-state index contributed by atoms with van der Waals surface area (Å²) >= 11 is 0. The molecule has 0 unspecified atom stereocenters. The molecular weight excluding hydrogens is 261 g/mol. The van der Waals surface area contributed by atoms with Crippen molar-refractivity contribution in [3.63, 3.8) is 0 Å². The second-order valence-corrected chi connectivity index (χ2v) is 4.77. The third-order valence-corrected chi connectivity index (χ3v) is 2.41. The summed E-state index contributed by atoms with van der Waals surface area (Å²) < 4.78 is 38.7. The van der Waals surface area contributed by atoms with E-state index in [9.17, 15) is 18.0 Å². The molecule has 0 atom stereocenters. The maximum Gasteiger partial charge on any atom is 0.406 e. The van der Waals surface area contributed by atoms with Gasteiger partial charge < -0.3 is 10.6 Å². The van der Waals surface area contributed by atoms with Crippen LogP contribution in [0.2, 0.25) is 0 Å². The molecule has 1 aromatic rings. The third kappa shape index (κ3) is 4.15. The quantitative estimate of drug-likeness (QED) is 0.911. The number of alkyl halides is 3. The van der Waals surface area contributed by atoms with Crippen molar-refractivity contribution in [3.05, 3.63) is 11.9 Å². The van der Waals surface area contributed by atoms with E-state index in [1.54, 1.807) is 13.8 Å². The SMILES string of the molecule is CC(C)CN(CC(F)(F)F)C(=O)c1c(N)cnn1C. The summed E-state index contributed by atoms with van der Waals surface area (Å²) in [6.45, 7) is 2.18. The first kappa shape index (κ1) is 15.3. The number of rotatable bonds is 4. The van der Waals surface area contributed by atoms with E-state index in [4.69, 9.17) is 5.73 Å². The highest BCUT2D eigenvalue weighted by Crippen LogP contribution is 2.20. The largest absolute Gasteiger partial charge is 0.406 e. The smallest absolute Gasteiger partial charge is 0.396 e. The Morgan fingerprint density at radius 2 is 2.11 bits per heavy atom. The van der Waals surface area contributed by atoms with Crippen LogP contribution < -0.4 is 5.73 Å². The number of anilines is 1. The summed E-state index contributed by atoms with van der Waals surface area (Å²) in [5, 5.41) is 3.76. The highest BCUT2D eigenvalue weighted by molar-refractivity contribution is 5.97. The van der Waals surface area contributed by atoms with E-state index in [1.807, 2.05) is 0 Å². The minimum atomic E-state index is -4.45. The lowest BCUT2D eigenvalue weighted by atomic mass is 10.2. The molecule has 5 nitrogen and oxygen atoms in total. The van der Waals surface area contributed by atoms with Gasteiger partial charge in [0.2, 0.25) is 0 Å². The van der Waals surface area contributed by atoms with Crippen LogP contribution in [0.5, 0.6) is 0 Å². The van der Waals surface area contributed by atoms with E-state index >= 15 is 0 Å². The first-order chi connectivity index (χ1) is 8.61. The van der Waals surface area contributed by atoms with Gasteiger partial charge in [-0.05, 0) is 5.92 Å². The fourth-order valence-electron chi connectivity index (χ4n) is 1.74. The molecule has 108 valence electrons. The molecule has 2 N–H and O–H groups in total. The van der Waals surface area contributed by atoms with Crippen LogP contribution in [0, 0.1) is 5.92 Å². The number of nitrogen functional groups attached to an aromatic ring is 1. The molecule has 1 aromatic heterocycles. The number of aryl methyl sites for hydroxylation is 1. The number of hydrogen-bond acceptors (Lipinski definition) is 3. The van der Waals surface area contributed by atoms with Crippen LogP contribution in [0.25, 0.3) is 0 Å². The van der Waals surface area contributed by atoms with Crippen LogP contribution in [0.15, 0.2) is 6.20 Å². The third-order valence-electron chi connectivity index (χ3n) is 2.41. The van der Waals surface area contributed by atoms with Gasteiger partial charge in [-0.2, -0.15) is 18.3 Å². The van der Waals surface area contributed by atoms with E-state index in [1.165, 1.54) is 17.9 Å². The Kier molecular flexibility index (Phi) is 4.43. The first-order valence-corrected chi connectivity index (χ1v) is 5.75. The Bertz CT molecular complexity index is 434. The van der Waals surface area contributed by atoms with Crippen molar-refractivity contribution in [2.24, 2.45) is 13.0 Å². The summed E-state index contributed by atoms with van der Waals surface area (Å²) in [5.41, 5.74) is 5.61. The van der Waals surface area contributed by atoms with Gasteiger partial charge in [0.15, 0.2) is 0 Å². The predicted molar refractivity (Wildman–Crippen MR) is 64.4 cm³/mol. The van der Waals surface area contributed by atoms with Gasteiger partial charge in [-0.15, -0.1) is 0 Å². The monoisotopic (exact) mass is 278 g/mol. The molecule has 1 rings (SSSR count). The Labute approximate surface area is 109 Å². The Morgan fingerprint density at radius 3 is 2.47 bits per heavy atom. The lowest BCUT2D eigenvalue weighted by Gasteiger charge is -2.25. The van der Waals surface area contributed by atoms with Crippen molar-refractivity contribution in [3.8, 4) is 0 Å². The van der Waals surface area contributed by atoms with Crippen LogP contribution in [-0.4, -0.2) is 39.9 Å². The Hall–Kier alpha value is -1.73. The molecule has 1 amide bonds. The number of aromatic nitrogens is 2. The van der Waals surface area contributed by atoms with Gasteiger partial charge >= 0.3 is 6.18 Å². The maximum absolute atomic E-state index is 12.5. The lowest BCUT2D eigenvalue weighted by Crippen LogP contribution is -2.42. The molecule has 0 aliphatic rings. The van der Waals surface area contributed by atoms with Gasteiger partial charge in [0.25, 0.3) is 5.91 Å². The molecule has 19 heavy (non-hydrogen) atoms. The second kappa shape index (κ2) is 5.50. The second-order valence-electron chi connectivity index (χ2n) is 4.77. The van der Waals surface area contributed by atoms with Crippen molar-refractivity contribution in [2.75, 3.05) is 18.8 Å². The highest BCUT2D eigenvalue weighted by Gasteiger charge is 2.34. The predicted octanol–water partition coefficient (Wildman–Crippen LogP) is 1.66. The molecule has 0 saturated carbocycles. The van der Waals surface area contributed by atoms with Crippen molar-refractivity contribution < 1.29 is 18.0 Å². The van der Waals surface area contributed by atoms with Crippen molar-refractivity contribution in [1.29, 1.82) is 0 Å². The minimum absolute atomic E-state index is 0.00294. The molecule has 8 heteroatoms. The molecule has 0 saturated heterocycles. The molecule has 0 radical (unpaired) electrons. The Morgan fingerprint density at radius 1 is 1.53 bits per heavy atom. The summed E-state index contributed by atoms with van der Waals surface area (Å²) in [6.07, 6.45) is -3.20. The van der Waals surface area contributed by atoms with Crippen molar-refractivity contribution >= 4 is 11.6 Å². The Balaban J connectivity index is 3.01. The zero-order valence-corrected chi connectivity index (χ0v) is 11.0. The zero-order chi connectivity index (χ0) is 14.8. The molecule has 0 aliphatic carbocycles. The maximum atomic E-state index is 12.5. The molecular formula is C11H17F3N4O. The van der Waals surface area contributed by atoms with Crippen LogP contribution >= 0.6 is 0 Å². The van der Waals surface area contributed by atoms with Gasteiger partial charge in [-0.3, -0.25) is 9.48 Å². The topological polar surface area (TPSA) is 64.2 Å². The molecule has 0 aliphatic heterocycles. The number of halogens is 3. The zero-order valence-electron chi connectivity index (χ0n) is 11.0. The van der Waals surface area contributed by atoms with Gasteiger partial charge in [-0.1, -0.05) is 13.8 Å². The fraction of sp³-hybridized carbons (Fsp3) is 0.636. The summed E-state index contributed by atoms with van der Waals surface area (Å²) in [4.78, 5) is 12.9. The van der Waals surface area contributed by atoms with Crippen molar-refractivity contribution in [2.45, 2.75) is 20.0 Å². The van der Waals surface area contributed by atoms with Crippen LogP contribution in [0.4, 0.5) is 18.9 Å². The fourth-order valence-corrected chi connectivity index (χ4v) is 1.74. The lowest BCUT2D eigenvalue weighted by molar-refractivity contribution is -0.141. The molecule has 0 spiro atoms. The van der Waals surface area contributed by atoms with Crippen LogP contribution in [0.1, 0.15) is 24.3 Å². The molecule has 0 bridgehead atoms.